The summed E-state index contributed by atoms with van der Waals surface area (Å²) in [5, 5.41) is 8.72. The zero-order valence-corrected chi connectivity index (χ0v) is 12.4. The fourth-order valence-electron chi connectivity index (χ4n) is 2.68. The van der Waals surface area contributed by atoms with Gasteiger partial charge in [0.05, 0.1) is 6.54 Å². The first-order valence-corrected chi connectivity index (χ1v) is 7.51. The molecule has 4 nitrogen and oxygen atoms in total. The van der Waals surface area contributed by atoms with Gasteiger partial charge in [0.1, 0.15) is 5.82 Å². The summed E-state index contributed by atoms with van der Waals surface area (Å²) in [6.45, 7) is 4.85. The van der Waals surface area contributed by atoms with Crippen LogP contribution in [-0.2, 0) is 6.54 Å². The standard InChI is InChI=1S/C16H24N4/c1-3-8-13(9-4-2)16-19-18-15(12-17)20(16)14-10-6-5-7-11-14/h5-7,10-11,13H,3-4,8-9,12,17H2,1-2H3. The lowest BCUT2D eigenvalue weighted by Crippen LogP contribution is -2.12. The Morgan fingerprint density at radius 3 is 2.25 bits per heavy atom. The van der Waals surface area contributed by atoms with Crippen molar-refractivity contribution in [3.63, 3.8) is 0 Å². The second kappa shape index (κ2) is 7.20. The van der Waals surface area contributed by atoms with Crippen molar-refractivity contribution in [2.24, 2.45) is 5.73 Å². The number of hydrogen-bond acceptors (Lipinski definition) is 3. The summed E-state index contributed by atoms with van der Waals surface area (Å²) in [6.07, 6.45) is 4.60. The Bertz CT molecular complexity index is 513. The van der Waals surface area contributed by atoms with E-state index in [1.54, 1.807) is 0 Å². The molecule has 1 aromatic carbocycles. The molecule has 108 valence electrons. The Labute approximate surface area is 121 Å². The number of rotatable bonds is 7. The van der Waals surface area contributed by atoms with Gasteiger partial charge >= 0.3 is 0 Å². The van der Waals surface area contributed by atoms with Crippen molar-refractivity contribution in [1.82, 2.24) is 14.8 Å². The molecule has 2 rings (SSSR count). The van der Waals surface area contributed by atoms with Gasteiger partial charge in [-0.25, -0.2) is 0 Å². The summed E-state index contributed by atoms with van der Waals surface area (Å²) in [4.78, 5) is 0. The predicted octanol–water partition coefficient (Wildman–Crippen LogP) is 3.41. The highest BCUT2D eigenvalue weighted by Gasteiger charge is 2.20. The maximum absolute atomic E-state index is 5.83. The molecule has 0 unspecified atom stereocenters. The maximum atomic E-state index is 5.83. The van der Waals surface area contributed by atoms with Gasteiger partial charge in [0, 0.05) is 11.6 Å². The normalized spacial score (nSPS) is 11.2. The van der Waals surface area contributed by atoms with Crippen LogP contribution in [0.15, 0.2) is 30.3 Å². The minimum Gasteiger partial charge on any atom is -0.324 e. The zero-order valence-electron chi connectivity index (χ0n) is 12.4. The molecule has 4 heteroatoms. The summed E-state index contributed by atoms with van der Waals surface area (Å²) < 4.78 is 2.13. The van der Waals surface area contributed by atoms with Gasteiger partial charge in [-0.15, -0.1) is 10.2 Å². The van der Waals surface area contributed by atoms with E-state index < -0.39 is 0 Å². The van der Waals surface area contributed by atoms with E-state index in [4.69, 9.17) is 5.73 Å². The van der Waals surface area contributed by atoms with Crippen molar-refractivity contribution in [1.29, 1.82) is 0 Å². The topological polar surface area (TPSA) is 56.7 Å². The van der Waals surface area contributed by atoms with E-state index in [2.05, 4.69) is 40.7 Å². The number of hydrogen-bond donors (Lipinski definition) is 1. The summed E-state index contributed by atoms with van der Waals surface area (Å²) in [7, 11) is 0. The molecular formula is C16H24N4. The van der Waals surface area contributed by atoms with Crippen molar-refractivity contribution in [3.05, 3.63) is 42.0 Å². The smallest absolute Gasteiger partial charge is 0.151 e. The minimum atomic E-state index is 0.410. The molecule has 0 bridgehead atoms. The SMILES string of the molecule is CCCC(CCC)c1nnc(CN)n1-c1ccccc1. The van der Waals surface area contributed by atoms with Crippen LogP contribution in [0.2, 0.25) is 0 Å². The Balaban J connectivity index is 2.45. The van der Waals surface area contributed by atoms with Crippen LogP contribution in [-0.4, -0.2) is 14.8 Å². The molecular weight excluding hydrogens is 248 g/mol. The Kier molecular flexibility index (Phi) is 5.30. The van der Waals surface area contributed by atoms with E-state index in [1.165, 1.54) is 0 Å². The molecule has 0 aliphatic rings. The minimum absolute atomic E-state index is 0.410. The number of nitrogens with two attached hydrogens (primary N) is 1. The van der Waals surface area contributed by atoms with Crippen LogP contribution in [0.1, 0.15) is 57.1 Å². The molecule has 2 N–H and O–H groups in total. The first-order valence-electron chi connectivity index (χ1n) is 7.51. The average molecular weight is 272 g/mol. The lowest BCUT2D eigenvalue weighted by Gasteiger charge is -2.17. The van der Waals surface area contributed by atoms with E-state index >= 15 is 0 Å². The number of para-hydroxylation sites is 1. The molecule has 0 atom stereocenters. The Morgan fingerprint density at radius 2 is 1.70 bits per heavy atom. The van der Waals surface area contributed by atoms with Gasteiger partial charge in [-0.1, -0.05) is 44.9 Å². The van der Waals surface area contributed by atoms with Crippen LogP contribution in [0.3, 0.4) is 0 Å². The van der Waals surface area contributed by atoms with Gasteiger partial charge in [-0.2, -0.15) is 0 Å². The van der Waals surface area contributed by atoms with Gasteiger partial charge in [0.2, 0.25) is 0 Å². The second-order valence-electron chi connectivity index (χ2n) is 5.12. The van der Waals surface area contributed by atoms with Gasteiger partial charge in [0.15, 0.2) is 5.82 Å². The Morgan fingerprint density at radius 1 is 1.05 bits per heavy atom. The molecule has 0 fully saturated rings. The highest BCUT2D eigenvalue weighted by Crippen LogP contribution is 2.27. The van der Waals surface area contributed by atoms with Crippen molar-refractivity contribution >= 4 is 0 Å². The number of benzene rings is 1. The summed E-state index contributed by atoms with van der Waals surface area (Å²) in [6, 6.07) is 10.3. The monoisotopic (exact) mass is 272 g/mol. The first kappa shape index (κ1) is 14.7. The maximum Gasteiger partial charge on any atom is 0.151 e. The van der Waals surface area contributed by atoms with Crippen molar-refractivity contribution in [2.45, 2.75) is 52.0 Å². The van der Waals surface area contributed by atoms with Crippen molar-refractivity contribution in [3.8, 4) is 5.69 Å². The highest BCUT2D eigenvalue weighted by molar-refractivity contribution is 5.34. The van der Waals surface area contributed by atoms with Crippen molar-refractivity contribution in [2.75, 3.05) is 0 Å². The summed E-state index contributed by atoms with van der Waals surface area (Å²) in [5.74, 6) is 2.35. The average Bonchev–Trinajstić information content (AvgIpc) is 2.91. The van der Waals surface area contributed by atoms with Crippen LogP contribution < -0.4 is 5.73 Å². The fourth-order valence-corrected chi connectivity index (χ4v) is 2.68. The summed E-state index contributed by atoms with van der Waals surface area (Å²) >= 11 is 0. The van der Waals surface area contributed by atoms with Gasteiger partial charge in [-0.05, 0) is 25.0 Å². The number of aromatic nitrogens is 3. The van der Waals surface area contributed by atoms with E-state index in [9.17, 15) is 0 Å². The molecule has 0 spiro atoms. The fraction of sp³-hybridized carbons (Fsp3) is 0.500. The molecule has 20 heavy (non-hydrogen) atoms. The van der Waals surface area contributed by atoms with E-state index in [1.807, 2.05) is 18.2 Å². The highest BCUT2D eigenvalue weighted by atomic mass is 15.3. The lowest BCUT2D eigenvalue weighted by atomic mass is 9.97. The van der Waals surface area contributed by atoms with Crippen LogP contribution in [0, 0.1) is 0 Å². The second-order valence-corrected chi connectivity index (χ2v) is 5.12. The molecule has 0 aliphatic carbocycles. The summed E-state index contributed by atoms with van der Waals surface area (Å²) in [5.41, 5.74) is 6.93. The molecule has 2 aromatic rings. The van der Waals surface area contributed by atoms with E-state index in [-0.39, 0.29) is 0 Å². The third kappa shape index (κ3) is 3.07. The van der Waals surface area contributed by atoms with Gasteiger partial charge < -0.3 is 5.73 Å². The first-order chi connectivity index (χ1) is 9.81. The molecule has 0 radical (unpaired) electrons. The molecule has 0 aliphatic heterocycles. The van der Waals surface area contributed by atoms with Gasteiger partial charge in [-0.3, -0.25) is 4.57 Å². The quantitative estimate of drug-likeness (QED) is 0.840. The molecule has 1 heterocycles. The molecule has 0 saturated carbocycles. The van der Waals surface area contributed by atoms with Crippen LogP contribution in [0.4, 0.5) is 0 Å². The van der Waals surface area contributed by atoms with Gasteiger partial charge in [0.25, 0.3) is 0 Å². The largest absolute Gasteiger partial charge is 0.324 e. The molecule has 0 saturated heterocycles. The van der Waals surface area contributed by atoms with E-state index in [0.717, 1.165) is 43.0 Å². The predicted molar refractivity (Wildman–Crippen MR) is 81.8 cm³/mol. The van der Waals surface area contributed by atoms with Crippen molar-refractivity contribution < 1.29 is 0 Å². The van der Waals surface area contributed by atoms with Crippen LogP contribution in [0.5, 0.6) is 0 Å². The van der Waals surface area contributed by atoms with E-state index in [0.29, 0.717) is 12.5 Å². The number of nitrogens with zero attached hydrogens (tertiary/aromatic N) is 3. The Hall–Kier alpha value is -1.68. The van der Waals surface area contributed by atoms with Crippen LogP contribution >= 0.6 is 0 Å². The third-order valence-corrected chi connectivity index (χ3v) is 3.59. The van der Waals surface area contributed by atoms with Crippen LogP contribution in [0.25, 0.3) is 5.69 Å². The third-order valence-electron chi connectivity index (χ3n) is 3.59. The zero-order chi connectivity index (χ0) is 14.4. The molecule has 1 aromatic heterocycles. The molecule has 0 amide bonds. The lowest BCUT2D eigenvalue weighted by molar-refractivity contribution is 0.524.